The van der Waals surface area contributed by atoms with Crippen molar-refractivity contribution in [3.8, 4) is 0 Å². The Bertz CT molecular complexity index is 949. The fraction of sp³-hybridized carbons (Fsp3) is 0.273. The Morgan fingerprint density at radius 3 is 2.44 bits per heavy atom. The Kier molecular flexibility index (Phi) is 4.70. The second-order valence-corrected chi connectivity index (χ2v) is 7.51. The molecule has 0 spiro atoms. The molecule has 1 aliphatic heterocycles. The van der Waals surface area contributed by atoms with Gasteiger partial charge >= 0.3 is 0 Å². The van der Waals surface area contributed by atoms with Crippen LogP contribution < -0.4 is 5.32 Å². The molecule has 0 bridgehead atoms. The van der Waals surface area contributed by atoms with Crippen LogP contribution in [0.4, 0.5) is 0 Å². The van der Waals surface area contributed by atoms with E-state index in [9.17, 15) is 0 Å². The van der Waals surface area contributed by atoms with Crippen molar-refractivity contribution in [3.05, 3.63) is 89.0 Å². The summed E-state index contributed by atoms with van der Waals surface area (Å²) >= 11 is 5.76. The van der Waals surface area contributed by atoms with E-state index >= 15 is 0 Å². The zero-order valence-electron chi connectivity index (χ0n) is 15.9. The summed E-state index contributed by atoms with van der Waals surface area (Å²) in [7, 11) is 2.12. The zero-order valence-corrected chi connectivity index (χ0v) is 16.7. The lowest BCUT2D eigenvalue weighted by Gasteiger charge is -2.28. The van der Waals surface area contributed by atoms with Crippen molar-refractivity contribution in [2.45, 2.75) is 32.5 Å². The highest BCUT2D eigenvalue weighted by atomic mass is 32.1. The van der Waals surface area contributed by atoms with E-state index in [1.165, 1.54) is 22.5 Å². The van der Waals surface area contributed by atoms with Crippen molar-refractivity contribution in [2.75, 3.05) is 0 Å². The van der Waals surface area contributed by atoms with E-state index in [4.69, 9.17) is 12.2 Å². The Labute approximate surface area is 165 Å². The number of nitrogens with zero attached hydrogens (tertiary/aromatic N) is 3. The molecule has 0 amide bonds. The Morgan fingerprint density at radius 2 is 1.81 bits per heavy atom. The molecule has 27 heavy (non-hydrogen) atoms. The molecule has 3 heterocycles. The fourth-order valence-corrected chi connectivity index (χ4v) is 4.18. The molecule has 1 aromatic carbocycles. The molecular weight excluding hydrogens is 352 g/mol. The van der Waals surface area contributed by atoms with Crippen molar-refractivity contribution in [2.24, 2.45) is 7.05 Å². The van der Waals surface area contributed by atoms with Gasteiger partial charge in [0.05, 0.1) is 17.8 Å². The molecule has 4 nitrogen and oxygen atoms in total. The molecule has 2 aromatic heterocycles. The minimum atomic E-state index is 0.0305. The topological polar surface area (TPSA) is 33.1 Å². The molecule has 0 aliphatic carbocycles. The number of rotatable bonds is 4. The fourth-order valence-electron chi connectivity index (χ4n) is 3.88. The number of aryl methyl sites for hydroxylation is 1. The number of nitrogens with one attached hydrogen (secondary N) is 1. The summed E-state index contributed by atoms with van der Waals surface area (Å²) in [4.78, 5) is 6.91. The van der Waals surface area contributed by atoms with E-state index in [2.05, 4.69) is 77.1 Å². The van der Waals surface area contributed by atoms with Crippen LogP contribution in [0, 0.1) is 13.8 Å². The van der Waals surface area contributed by atoms with Crippen LogP contribution in [-0.2, 0) is 13.6 Å². The van der Waals surface area contributed by atoms with Crippen molar-refractivity contribution >= 4 is 17.3 Å². The summed E-state index contributed by atoms with van der Waals surface area (Å²) < 4.78 is 2.24. The molecule has 0 unspecified atom stereocenters. The SMILES string of the molecule is Cc1cc([C@H]2[C@@H](c3ccccn3)NC(=S)N2Cc2ccccc2)c(C)n1C. The van der Waals surface area contributed by atoms with Gasteiger partial charge in [-0.25, -0.2) is 0 Å². The summed E-state index contributed by atoms with van der Waals surface area (Å²) in [5.74, 6) is 0. The maximum atomic E-state index is 5.76. The summed E-state index contributed by atoms with van der Waals surface area (Å²) in [6.07, 6.45) is 1.85. The molecular formula is C22H24N4S. The third-order valence-corrected chi connectivity index (χ3v) is 5.88. The Morgan fingerprint density at radius 1 is 1.07 bits per heavy atom. The molecule has 5 heteroatoms. The molecule has 0 radical (unpaired) electrons. The first-order valence-electron chi connectivity index (χ1n) is 9.21. The van der Waals surface area contributed by atoms with Crippen molar-refractivity contribution in [1.82, 2.24) is 19.8 Å². The highest BCUT2D eigenvalue weighted by molar-refractivity contribution is 7.80. The quantitative estimate of drug-likeness (QED) is 0.692. The highest BCUT2D eigenvalue weighted by Gasteiger charge is 2.41. The second-order valence-electron chi connectivity index (χ2n) is 7.13. The van der Waals surface area contributed by atoms with Gasteiger partial charge in [-0.1, -0.05) is 36.4 Å². The molecule has 1 N–H and O–H groups in total. The number of pyridine rings is 1. The van der Waals surface area contributed by atoms with Crippen LogP contribution >= 0.6 is 12.2 Å². The third-order valence-electron chi connectivity index (χ3n) is 5.53. The molecule has 3 aromatic rings. The van der Waals surface area contributed by atoms with Gasteiger partial charge < -0.3 is 14.8 Å². The van der Waals surface area contributed by atoms with Crippen LogP contribution in [0.3, 0.4) is 0 Å². The van der Waals surface area contributed by atoms with Crippen LogP contribution in [0.2, 0.25) is 0 Å². The lowest BCUT2D eigenvalue weighted by Crippen LogP contribution is -2.29. The normalized spacial score (nSPS) is 19.4. The van der Waals surface area contributed by atoms with Crippen LogP contribution in [0.15, 0.2) is 60.8 Å². The molecule has 4 rings (SSSR count). The van der Waals surface area contributed by atoms with Gasteiger partial charge in [-0.3, -0.25) is 4.98 Å². The summed E-state index contributed by atoms with van der Waals surface area (Å²) in [5, 5.41) is 4.31. The summed E-state index contributed by atoms with van der Waals surface area (Å²) in [5.41, 5.74) is 6.08. The Balaban J connectivity index is 1.79. The van der Waals surface area contributed by atoms with Gasteiger partial charge in [0.15, 0.2) is 5.11 Å². The van der Waals surface area contributed by atoms with Gasteiger partial charge in [0.2, 0.25) is 0 Å². The lowest BCUT2D eigenvalue weighted by atomic mass is 9.96. The number of aromatic nitrogens is 2. The van der Waals surface area contributed by atoms with Crippen molar-refractivity contribution < 1.29 is 0 Å². The van der Waals surface area contributed by atoms with Crippen molar-refractivity contribution in [1.29, 1.82) is 0 Å². The minimum Gasteiger partial charge on any atom is -0.352 e. The number of benzene rings is 1. The minimum absolute atomic E-state index is 0.0305. The average molecular weight is 377 g/mol. The van der Waals surface area contributed by atoms with E-state index in [0.717, 1.165) is 17.4 Å². The number of hydrogen-bond acceptors (Lipinski definition) is 2. The maximum absolute atomic E-state index is 5.76. The van der Waals surface area contributed by atoms with E-state index in [-0.39, 0.29) is 12.1 Å². The average Bonchev–Trinajstić information content (AvgIpc) is 3.14. The van der Waals surface area contributed by atoms with Crippen LogP contribution in [-0.4, -0.2) is 19.6 Å². The van der Waals surface area contributed by atoms with Crippen LogP contribution in [0.1, 0.15) is 40.3 Å². The highest BCUT2D eigenvalue weighted by Crippen LogP contribution is 2.41. The van der Waals surface area contributed by atoms with Gasteiger partial charge in [-0.15, -0.1) is 0 Å². The third kappa shape index (κ3) is 3.23. The van der Waals surface area contributed by atoms with Crippen LogP contribution in [0.25, 0.3) is 0 Å². The first kappa shape index (κ1) is 17.7. The van der Waals surface area contributed by atoms with E-state index < -0.39 is 0 Å². The maximum Gasteiger partial charge on any atom is 0.170 e. The van der Waals surface area contributed by atoms with Gasteiger partial charge in [0.25, 0.3) is 0 Å². The standard InChI is InChI=1S/C22H24N4S/c1-15-13-18(16(2)25(15)3)21-20(19-11-7-8-12-23-19)24-22(27)26(21)14-17-9-5-4-6-10-17/h4-13,20-21H,14H2,1-3H3,(H,24,27)/t20-,21+/m1/s1. The summed E-state index contributed by atoms with van der Waals surface area (Å²) in [6, 6.07) is 19.0. The van der Waals surface area contributed by atoms with Crippen molar-refractivity contribution in [3.63, 3.8) is 0 Å². The van der Waals surface area contributed by atoms with E-state index in [0.29, 0.717) is 0 Å². The predicted molar refractivity (Wildman–Crippen MR) is 112 cm³/mol. The van der Waals surface area contributed by atoms with E-state index in [1.807, 2.05) is 24.4 Å². The predicted octanol–water partition coefficient (Wildman–Crippen LogP) is 4.21. The Hall–Kier alpha value is -2.66. The molecule has 2 atom stereocenters. The van der Waals surface area contributed by atoms with E-state index in [1.54, 1.807) is 0 Å². The first-order valence-corrected chi connectivity index (χ1v) is 9.62. The van der Waals surface area contributed by atoms with Gasteiger partial charge in [-0.05, 0) is 55.4 Å². The second kappa shape index (κ2) is 7.16. The largest absolute Gasteiger partial charge is 0.352 e. The first-order chi connectivity index (χ1) is 13.1. The van der Waals surface area contributed by atoms with Crippen LogP contribution in [0.5, 0.6) is 0 Å². The summed E-state index contributed by atoms with van der Waals surface area (Å²) in [6.45, 7) is 5.10. The monoisotopic (exact) mass is 376 g/mol. The van der Waals surface area contributed by atoms with Gasteiger partial charge in [0, 0.05) is 31.2 Å². The smallest absolute Gasteiger partial charge is 0.170 e. The zero-order chi connectivity index (χ0) is 19.0. The number of thiocarbonyl (C=S) groups is 1. The molecule has 0 saturated carbocycles. The molecule has 1 aliphatic rings. The molecule has 1 fully saturated rings. The van der Waals surface area contributed by atoms with Gasteiger partial charge in [0.1, 0.15) is 0 Å². The number of hydrogen-bond donors (Lipinski definition) is 1. The molecule has 138 valence electrons. The van der Waals surface area contributed by atoms with Gasteiger partial charge in [-0.2, -0.15) is 0 Å². The lowest BCUT2D eigenvalue weighted by molar-refractivity contribution is 0.310. The molecule has 1 saturated heterocycles.